The molecular weight excluding hydrogens is 264 g/mol. The van der Waals surface area contributed by atoms with Gasteiger partial charge in [0.25, 0.3) is 17.7 Å². The molecule has 2 heterocycles. The van der Waals surface area contributed by atoms with Gasteiger partial charge in [-0.15, -0.1) is 0 Å². The number of hydrogen-bond donors (Lipinski definition) is 2. The lowest BCUT2D eigenvalue weighted by Gasteiger charge is -2.15. The van der Waals surface area contributed by atoms with Crippen molar-refractivity contribution < 1.29 is 23.9 Å². The van der Waals surface area contributed by atoms with Gasteiger partial charge in [0.2, 0.25) is 5.76 Å². The average molecular weight is 274 g/mol. The van der Waals surface area contributed by atoms with Crippen LogP contribution >= 0.6 is 0 Å². The van der Waals surface area contributed by atoms with Crippen molar-refractivity contribution in [2.24, 2.45) is 0 Å². The number of nitrogens with one attached hydrogen (secondary N) is 2. The zero-order chi connectivity index (χ0) is 14.1. The van der Waals surface area contributed by atoms with Gasteiger partial charge in [-0.2, -0.15) is 0 Å². The molecule has 3 rings (SSSR count). The standard InChI is InChI=1S/C13H10N2O5/c16-11-7-2-1-3-8(10(7)13(18)15-11)14-12(17)9-6-19-4-5-20-9/h1-3,6H,4-5H2,(H,14,17)(H,15,16,18). The summed E-state index contributed by atoms with van der Waals surface area (Å²) in [6, 6.07) is 4.64. The lowest BCUT2D eigenvalue weighted by atomic mass is 10.1. The number of benzene rings is 1. The van der Waals surface area contributed by atoms with Crippen LogP contribution in [-0.4, -0.2) is 30.9 Å². The third-order valence-corrected chi connectivity index (χ3v) is 2.88. The quantitative estimate of drug-likeness (QED) is 0.761. The molecule has 7 nitrogen and oxygen atoms in total. The summed E-state index contributed by atoms with van der Waals surface area (Å²) >= 11 is 0. The third-order valence-electron chi connectivity index (χ3n) is 2.88. The Labute approximate surface area is 113 Å². The van der Waals surface area contributed by atoms with Gasteiger partial charge in [0.15, 0.2) is 0 Å². The Morgan fingerprint density at radius 3 is 2.80 bits per heavy atom. The predicted octanol–water partition coefficient (Wildman–Crippen LogP) is 0.397. The average Bonchev–Trinajstić information content (AvgIpc) is 2.76. The molecule has 0 bridgehead atoms. The first-order valence-electron chi connectivity index (χ1n) is 5.91. The fourth-order valence-electron chi connectivity index (χ4n) is 1.99. The maximum absolute atomic E-state index is 12.0. The molecule has 0 aromatic heterocycles. The molecule has 0 atom stereocenters. The van der Waals surface area contributed by atoms with Crippen LogP contribution in [0, 0.1) is 0 Å². The van der Waals surface area contributed by atoms with Crippen LogP contribution in [0.2, 0.25) is 0 Å². The molecule has 1 aromatic rings. The van der Waals surface area contributed by atoms with Crippen molar-refractivity contribution in [2.75, 3.05) is 18.5 Å². The fraction of sp³-hybridized carbons (Fsp3) is 0.154. The van der Waals surface area contributed by atoms with Crippen LogP contribution in [0.5, 0.6) is 0 Å². The molecular formula is C13H10N2O5. The number of amides is 3. The molecule has 0 radical (unpaired) electrons. The Bertz CT molecular complexity index is 650. The molecule has 0 spiro atoms. The van der Waals surface area contributed by atoms with Gasteiger partial charge >= 0.3 is 0 Å². The molecule has 0 saturated heterocycles. The normalized spacial score (nSPS) is 16.5. The van der Waals surface area contributed by atoms with Gasteiger partial charge in [-0.3, -0.25) is 19.7 Å². The second-order valence-corrected chi connectivity index (χ2v) is 4.17. The van der Waals surface area contributed by atoms with Crippen LogP contribution in [0.4, 0.5) is 5.69 Å². The second-order valence-electron chi connectivity index (χ2n) is 4.17. The van der Waals surface area contributed by atoms with E-state index in [4.69, 9.17) is 9.47 Å². The first kappa shape index (κ1) is 12.2. The molecule has 2 N–H and O–H groups in total. The van der Waals surface area contributed by atoms with Crippen LogP contribution in [0.1, 0.15) is 20.7 Å². The Kier molecular flexibility index (Phi) is 2.86. The van der Waals surface area contributed by atoms with E-state index in [2.05, 4.69) is 10.6 Å². The Morgan fingerprint density at radius 2 is 2.05 bits per heavy atom. The van der Waals surface area contributed by atoms with E-state index in [1.807, 2.05) is 0 Å². The van der Waals surface area contributed by atoms with E-state index in [9.17, 15) is 14.4 Å². The summed E-state index contributed by atoms with van der Waals surface area (Å²) in [5, 5.41) is 4.71. The first-order valence-corrected chi connectivity index (χ1v) is 5.91. The molecule has 0 saturated carbocycles. The van der Waals surface area contributed by atoms with Crippen LogP contribution in [0.15, 0.2) is 30.2 Å². The molecule has 0 unspecified atom stereocenters. The van der Waals surface area contributed by atoms with Crippen molar-refractivity contribution in [3.8, 4) is 0 Å². The highest BCUT2D eigenvalue weighted by Crippen LogP contribution is 2.24. The van der Waals surface area contributed by atoms with E-state index in [-0.39, 0.29) is 29.2 Å². The van der Waals surface area contributed by atoms with Crippen molar-refractivity contribution in [3.05, 3.63) is 41.3 Å². The molecule has 2 aliphatic heterocycles. The third kappa shape index (κ3) is 1.99. The summed E-state index contributed by atoms with van der Waals surface area (Å²) in [5.41, 5.74) is 0.650. The van der Waals surface area contributed by atoms with Gasteiger partial charge in [0.05, 0.1) is 16.8 Å². The SMILES string of the molecule is O=C(Nc1cccc2c1C(=O)NC2=O)C1=COCCO1. The van der Waals surface area contributed by atoms with E-state index < -0.39 is 17.7 Å². The Morgan fingerprint density at radius 1 is 1.20 bits per heavy atom. The highest BCUT2D eigenvalue weighted by atomic mass is 16.6. The number of anilines is 1. The highest BCUT2D eigenvalue weighted by molar-refractivity contribution is 6.24. The van der Waals surface area contributed by atoms with E-state index >= 15 is 0 Å². The molecule has 7 heteroatoms. The summed E-state index contributed by atoms with van der Waals surface area (Å²) in [6.07, 6.45) is 1.22. The Balaban J connectivity index is 1.89. The monoisotopic (exact) mass is 274 g/mol. The van der Waals surface area contributed by atoms with Gasteiger partial charge in [-0.1, -0.05) is 6.07 Å². The summed E-state index contributed by atoms with van der Waals surface area (Å²) < 4.78 is 10.1. The summed E-state index contributed by atoms with van der Waals surface area (Å²) in [5.74, 6) is -1.52. The van der Waals surface area contributed by atoms with E-state index in [0.29, 0.717) is 6.61 Å². The van der Waals surface area contributed by atoms with Gasteiger partial charge in [-0.05, 0) is 12.1 Å². The molecule has 3 amide bonds. The second kappa shape index (κ2) is 4.69. The molecule has 0 fully saturated rings. The maximum atomic E-state index is 12.0. The summed E-state index contributed by atoms with van der Waals surface area (Å²) in [4.78, 5) is 35.2. The Hall–Kier alpha value is -2.83. The molecule has 2 aliphatic rings. The van der Waals surface area contributed by atoms with Crippen molar-refractivity contribution in [1.82, 2.24) is 5.32 Å². The number of fused-ring (bicyclic) bond motifs is 1. The summed E-state index contributed by atoms with van der Waals surface area (Å²) in [6.45, 7) is 0.666. The summed E-state index contributed by atoms with van der Waals surface area (Å²) in [7, 11) is 0. The van der Waals surface area contributed by atoms with E-state index in [1.54, 1.807) is 12.1 Å². The molecule has 1 aromatic carbocycles. The predicted molar refractivity (Wildman–Crippen MR) is 66.9 cm³/mol. The smallest absolute Gasteiger partial charge is 0.294 e. The van der Waals surface area contributed by atoms with Crippen molar-refractivity contribution in [2.45, 2.75) is 0 Å². The number of carbonyl (C=O) groups is 3. The van der Waals surface area contributed by atoms with Crippen molar-refractivity contribution >= 4 is 23.4 Å². The topological polar surface area (TPSA) is 93.7 Å². The lowest BCUT2D eigenvalue weighted by Crippen LogP contribution is -2.23. The molecule has 0 aliphatic carbocycles. The molecule has 20 heavy (non-hydrogen) atoms. The number of imide groups is 1. The minimum Gasteiger partial charge on any atom is -0.494 e. The van der Waals surface area contributed by atoms with Crippen molar-refractivity contribution in [3.63, 3.8) is 0 Å². The zero-order valence-electron chi connectivity index (χ0n) is 10.3. The van der Waals surface area contributed by atoms with Gasteiger partial charge in [-0.25, -0.2) is 0 Å². The van der Waals surface area contributed by atoms with Crippen LogP contribution in [0.3, 0.4) is 0 Å². The van der Waals surface area contributed by atoms with Crippen LogP contribution < -0.4 is 10.6 Å². The van der Waals surface area contributed by atoms with Crippen LogP contribution in [0.25, 0.3) is 0 Å². The van der Waals surface area contributed by atoms with E-state index in [0.717, 1.165) is 0 Å². The minimum atomic E-state index is -0.537. The maximum Gasteiger partial charge on any atom is 0.294 e. The van der Waals surface area contributed by atoms with Gasteiger partial charge < -0.3 is 14.8 Å². The highest BCUT2D eigenvalue weighted by Gasteiger charge is 2.30. The lowest BCUT2D eigenvalue weighted by molar-refractivity contribution is -0.117. The van der Waals surface area contributed by atoms with Gasteiger partial charge in [0.1, 0.15) is 19.5 Å². The number of hydrogen-bond acceptors (Lipinski definition) is 5. The zero-order valence-corrected chi connectivity index (χ0v) is 10.3. The van der Waals surface area contributed by atoms with Crippen molar-refractivity contribution in [1.29, 1.82) is 0 Å². The molecule has 102 valence electrons. The van der Waals surface area contributed by atoms with Gasteiger partial charge in [0, 0.05) is 0 Å². The minimum absolute atomic E-state index is 0.0265. The fourth-order valence-corrected chi connectivity index (χ4v) is 1.99. The van der Waals surface area contributed by atoms with E-state index in [1.165, 1.54) is 12.3 Å². The van der Waals surface area contributed by atoms with Crippen LogP contribution in [-0.2, 0) is 14.3 Å². The number of carbonyl (C=O) groups excluding carboxylic acids is 3. The largest absolute Gasteiger partial charge is 0.494 e. The first-order chi connectivity index (χ1) is 9.66. The number of rotatable bonds is 2. The number of ether oxygens (including phenoxy) is 2.